The van der Waals surface area contributed by atoms with E-state index < -0.39 is 0 Å². The van der Waals surface area contributed by atoms with Gasteiger partial charge in [0.05, 0.1) is 0 Å². The van der Waals surface area contributed by atoms with E-state index in [4.69, 9.17) is 0 Å². The van der Waals surface area contributed by atoms with Crippen LogP contribution in [-0.4, -0.2) is 0 Å². The molecule has 0 nitrogen and oxygen atoms in total. The number of aryl methyl sites for hydroxylation is 1. The summed E-state index contributed by atoms with van der Waals surface area (Å²) in [7, 11) is 0. The molecule has 0 atom stereocenters. The Kier molecular flexibility index (Phi) is 3.51. The van der Waals surface area contributed by atoms with E-state index in [0.29, 0.717) is 0 Å². The first-order valence-electron chi connectivity index (χ1n) is 4.64. The third kappa shape index (κ3) is 2.59. The lowest BCUT2D eigenvalue weighted by atomic mass is 10.0. The lowest BCUT2D eigenvalue weighted by molar-refractivity contribution is 1.43. The van der Waals surface area contributed by atoms with Gasteiger partial charge in [0, 0.05) is 0 Å². The van der Waals surface area contributed by atoms with Crippen molar-refractivity contribution in [2.75, 3.05) is 0 Å². The van der Waals surface area contributed by atoms with Crippen LogP contribution in [0.2, 0.25) is 0 Å². The van der Waals surface area contributed by atoms with Crippen molar-refractivity contribution in [2.45, 2.75) is 20.8 Å². The number of hydrogen-bond acceptors (Lipinski definition) is 0. The summed E-state index contributed by atoms with van der Waals surface area (Å²) in [5.74, 6) is 0. The predicted molar refractivity (Wildman–Crippen MR) is 60.6 cm³/mol. The van der Waals surface area contributed by atoms with Crippen LogP contribution in [0.15, 0.2) is 30.4 Å². The molecule has 0 amide bonds. The Morgan fingerprint density at radius 2 is 1.69 bits per heavy atom. The van der Waals surface area contributed by atoms with Gasteiger partial charge < -0.3 is 0 Å². The van der Waals surface area contributed by atoms with E-state index in [0.717, 1.165) is 0 Å². The average molecular weight is 172 g/mol. The molecule has 0 saturated carbocycles. The lowest BCUT2D eigenvalue weighted by Crippen LogP contribution is -1.81. The third-order valence-electron chi connectivity index (χ3n) is 2.00. The van der Waals surface area contributed by atoms with Gasteiger partial charge in [0.2, 0.25) is 0 Å². The fraction of sp³-hybridized carbons (Fsp3) is 0.231. The summed E-state index contributed by atoms with van der Waals surface area (Å²) < 4.78 is 0. The van der Waals surface area contributed by atoms with Gasteiger partial charge in [-0.15, -0.1) is 0 Å². The topological polar surface area (TPSA) is 0 Å². The van der Waals surface area contributed by atoms with E-state index in [2.05, 4.69) is 49.4 Å². The van der Waals surface area contributed by atoms with Crippen LogP contribution in [-0.2, 0) is 0 Å². The number of allylic oxidation sites excluding steroid dienone is 2. The highest BCUT2D eigenvalue weighted by Gasteiger charge is 1.93. The van der Waals surface area contributed by atoms with Crippen LogP contribution in [0.25, 0.3) is 12.2 Å². The Morgan fingerprint density at radius 3 is 2.23 bits per heavy atom. The van der Waals surface area contributed by atoms with Crippen LogP contribution < -0.4 is 0 Å². The van der Waals surface area contributed by atoms with Gasteiger partial charge in [0.25, 0.3) is 0 Å². The van der Waals surface area contributed by atoms with Crippen LogP contribution >= 0.6 is 0 Å². The fourth-order valence-electron chi connectivity index (χ4n) is 1.36. The molecule has 0 saturated heterocycles. The first-order valence-corrected chi connectivity index (χ1v) is 4.64. The summed E-state index contributed by atoms with van der Waals surface area (Å²) in [4.78, 5) is 0. The van der Waals surface area contributed by atoms with Gasteiger partial charge >= 0.3 is 0 Å². The molecule has 0 heteroatoms. The zero-order valence-corrected chi connectivity index (χ0v) is 8.54. The van der Waals surface area contributed by atoms with Gasteiger partial charge in [-0.05, 0) is 37.5 Å². The second-order valence-electron chi connectivity index (χ2n) is 3.12. The monoisotopic (exact) mass is 172 g/mol. The molecule has 0 aliphatic rings. The number of hydrogen-bond donors (Lipinski definition) is 0. The quantitative estimate of drug-likeness (QED) is 0.631. The molecule has 0 bridgehead atoms. The van der Waals surface area contributed by atoms with Crippen molar-refractivity contribution < 1.29 is 0 Å². The van der Waals surface area contributed by atoms with Gasteiger partial charge in [-0.1, -0.05) is 42.5 Å². The minimum atomic E-state index is 1.27. The molecule has 0 heterocycles. The summed E-state index contributed by atoms with van der Waals surface area (Å²) in [5, 5.41) is 0. The maximum atomic E-state index is 2.20. The Labute approximate surface area is 80.6 Å². The SMILES string of the molecule is C/C=C/c1ccc(/C=C/C)c(C)c1. The maximum absolute atomic E-state index is 2.20. The van der Waals surface area contributed by atoms with E-state index in [1.54, 1.807) is 0 Å². The van der Waals surface area contributed by atoms with E-state index in [1.807, 2.05) is 13.8 Å². The highest BCUT2D eigenvalue weighted by Crippen LogP contribution is 2.13. The zero-order chi connectivity index (χ0) is 9.68. The molecule has 0 N–H and O–H groups in total. The first-order chi connectivity index (χ1) is 6.27. The van der Waals surface area contributed by atoms with Gasteiger partial charge in [-0.2, -0.15) is 0 Å². The minimum Gasteiger partial charge on any atom is -0.0871 e. The second-order valence-corrected chi connectivity index (χ2v) is 3.12. The van der Waals surface area contributed by atoms with Crippen LogP contribution in [0.4, 0.5) is 0 Å². The Hall–Kier alpha value is -1.30. The van der Waals surface area contributed by atoms with Gasteiger partial charge in [0.15, 0.2) is 0 Å². The molecule has 0 aromatic heterocycles. The van der Waals surface area contributed by atoms with Gasteiger partial charge in [0.1, 0.15) is 0 Å². The lowest BCUT2D eigenvalue weighted by Gasteiger charge is -2.01. The second kappa shape index (κ2) is 4.66. The average Bonchev–Trinajstić information content (AvgIpc) is 2.10. The number of rotatable bonds is 2. The summed E-state index contributed by atoms with van der Waals surface area (Å²) in [6, 6.07) is 6.50. The third-order valence-corrected chi connectivity index (χ3v) is 2.00. The van der Waals surface area contributed by atoms with Crippen molar-refractivity contribution in [3.8, 4) is 0 Å². The highest BCUT2D eigenvalue weighted by molar-refractivity contribution is 5.59. The molecule has 1 rings (SSSR count). The normalized spacial score (nSPS) is 11.6. The molecule has 0 fully saturated rings. The van der Waals surface area contributed by atoms with E-state index in [1.165, 1.54) is 16.7 Å². The van der Waals surface area contributed by atoms with Crippen LogP contribution in [0, 0.1) is 6.92 Å². The molecule has 0 unspecified atom stereocenters. The summed E-state index contributed by atoms with van der Waals surface area (Å²) in [6.45, 7) is 6.22. The molecule has 0 aliphatic carbocycles. The molecule has 0 spiro atoms. The number of benzene rings is 1. The fourth-order valence-corrected chi connectivity index (χ4v) is 1.36. The Balaban J connectivity index is 3.05. The van der Waals surface area contributed by atoms with E-state index in [9.17, 15) is 0 Å². The van der Waals surface area contributed by atoms with Crippen molar-refractivity contribution in [2.24, 2.45) is 0 Å². The van der Waals surface area contributed by atoms with Crippen molar-refractivity contribution in [1.82, 2.24) is 0 Å². The van der Waals surface area contributed by atoms with Crippen LogP contribution in [0.5, 0.6) is 0 Å². The summed E-state index contributed by atoms with van der Waals surface area (Å²) >= 11 is 0. The molecule has 68 valence electrons. The van der Waals surface area contributed by atoms with Crippen molar-refractivity contribution in [1.29, 1.82) is 0 Å². The highest BCUT2D eigenvalue weighted by atomic mass is 14.0. The Bertz CT molecular complexity index is 330. The molecule has 0 aliphatic heterocycles. The minimum absolute atomic E-state index is 1.27. The molecule has 13 heavy (non-hydrogen) atoms. The van der Waals surface area contributed by atoms with Crippen molar-refractivity contribution >= 4 is 12.2 Å². The van der Waals surface area contributed by atoms with Gasteiger partial charge in [-0.3, -0.25) is 0 Å². The maximum Gasteiger partial charge on any atom is -0.0230 e. The van der Waals surface area contributed by atoms with E-state index >= 15 is 0 Å². The van der Waals surface area contributed by atoms with Gasteiger partial charge in [-0.25, -0.2) is 0 Å². The van der Waals surface area contributed by atoms with E-state index in [-0.39, 0.29) is 0 Å². The first kappa shape index (κ1) is 9.79. The van der Waals surface area contributed by atoms with Crippen LogP contribution in [0.3, 0.4) is 0 Å². The molecule has 0 radical (unpaired) electrons. The molecular formula is C13H16. The molecule has 1 aromatic rings. The summed E-state index contributed by atoms with van der Waals surface area (Å²) in [5.41, 5.74) is 3.90. The predicted octanol–water partition coefficient (Wildman–Crippen LogP) is 4.06. The van der Waals surface area contributed by atoms with Crippen molar-refractivity contribution in [3.63, 3.8) is 0 Å². The largest absolute Gasteiger partial charge is 0.0871 e. The van der Waals surface area contributed by atoms with Crippen molar-refractivity contribution in [3.05, 3.63) is 47.0 Å². The summed E-state index contributed by atoms with van der Waals surface area (Å²) in [6.07, 6.45) is 8.38. The van der Waals surface area contributed by atoms with Crippen LogP contribution in [0.1, 0.15) is 30.5 Å². The standard InChI is InChI=1S/C13H16/c1-4-6-12-8-9-13(7-5-2)11(3)10-12/h4-10H,1-3H3/b6-4+,7-5+. The zero-order valence-electron chi connectivity index (χ0n) is 8.54. The smallest absolute Gasteiger partial charge is 0.0230 e. The Morgan fingerprint density at radius 1 is 1.00 bits per heavy atom. The molecular weight excluding hydrogens is 156 g/mol. The molecule has 1 aromatic carbocycles.